The maximum atomic E-state index is 14.5. The van der Waals surface area contributed by atoms with Gasteiger partial charge in [0.15, 0.2) is 16.8 Å². The summed E-state index contributed by atoms with van der Waals surface area (Å²) in [6, 6.07) is 2.08. The van der Waals surface area contributed by atoms with Crippen LogP contribution in [-0.4, -0.2) is 59.3 Å². The van der Waals surface area contributed by atoms with Crippen LogP contribution in [-0.2, 0) is 11.2 Å². The van der Waals surface area contributed by atoms with Gasteiger partial charge in [-0.25, -0.2) is 18.7 Å². The number of aliphatic imine (C=N–C) groups is 1. The number of carbonyl (C=O) groups excluding carboxylic acids is 1. The van der Waals surface area contributed by atoms with Gasteiger partial charge in [-0.3, -0.25) is 9.79 Å². The summed E-state index contributed by atoms with van der Waals surface area (Å²) in [5, 5.41) is 2.63. The summed E-state index contributed by atoms with van der Waals surface area (Å²) in [7, 11) is 2.95. The van der Waals surface area contributed by atoms with Gasteiger partial charge in [-0.2, -0.15) is 13.2 Å². The second kappa shape index (κ2) is 12.1. The summed E-state index contributed by atoms with van der Waals surface area (Å²) in [5.41, 5.74) is 5.50. The van der Waals surface area contributed by atoms with Gasteiger partial charge in [-0.1, -0.05) is 11.8 Å². The third-order valence-electron chi connectivity index (χ3n) is 4.44. The van der Waals surface area contributed by atoms with Crippen LogP contribution >= 0.6 is 11.8 Å². The molecule has 1 aromatic carbocycles. The van der Waals surface area contributed by atoms with E-state index in [9.17, 15) is 26.7 Å². The highest BCUT2D eigenvalue weighted by Gasteiger charge is 2.30. The summed E-state index contributed by atoms with van der Waals surface area (Å²) in [6.45, 7) is 1.24. The molecule has 8 nitrogen and oxygen atoms in total. The molecule has 0 saturated carbocycles. The molecule has 0 unspecified atom stereocenters. The predicted octanol–water partition coefficient (Wildman–Crippen LogP) is 3.96. The van der Waals surface area contributed by atoms with Gasteiger partial charge in [0.05, 0.1) is 32.0 Å². The van der Waals surface area contributed by atoms with E-state index in [0.717, 1.165) is 30.2 Å². The Bertz CT molecular complexity index is 1050. The topological polar surface area (TPSA) is 112 Å². The Hall–Kier alpha value is -3.00. The Labute approximate surface area is 202 Å². The second-order valence-electron chi connectivity index (χ2n) is 7.56. The first-order valence-electron chi connectivity index (χ1n) is 10.1. The summed E-state index contributed by atoms with van der Waals surface area (Å²) in [5.74, 6) is -3.27. The number of aromatic nitrogens is 2. The molecule has 35 heavy (non-hydrogen) atoms. The number of rotatable bonds is 10. The minimum absolute atomic E-state index is 0.00203. The number of benzene rings is 1. The second-order valence-corrected chi connectivity index (χ2v) is 9.17. The standard InChI is InChI=1S/C21H24F5N5O3S/c1-20(11-33-3,35-19(27)28-2)8-12-6-13(7-14(22)17(12)23)31-18(32)15-9-30-16(10-29-15)34-5-4-21(24,25)26/h6-7,9-10H,4-5,8,11H2,1-3H3,(H2,27,28)(H,31,32)/t20-/m1/s1. The number of hydrogen-bond acceptors (Lipinski definition) is 7. The number of nitrogens with two attached hydrogens (primary N) is 1. The molecule has 0 spiro atoms. The van der Waals surface area contributed by atoms with Crippen LogP contribution in [0.15, 0.2) is 29.5 Å². The molecule has 0 saturated heterocycles. The van der Waals surface area contributed by atoms with Crippen molar-refractivity contribution in [2.24, 2.45) is 10.7 Å². The maximum absolute atomic E-state index is 14.5. The molecule has 2 aromatic rings. The van der Waals surface area contributed by atoms with Crippen molar-refractivity contribution in [3.05, 3.63) is 47.4 Å². The van der Waals surface area contributed by atoms with Crippen molar-refractivity contribution < 1.29 is 36.2 Å². The summed E-state index contributed by atoms with van der Waals surface area (Å²) < 4.78 is 74.6. The van der Waals surface area contributed by atoms with Gasteiger partial charge in [0.25, 0.3) is 5.91 Å². The molecule has 0 fully saturated rings. The average molecular weight is 522 g/mol. The van der Waals surface area contributed by atoms with Crippen LogP contribution in [0.25, 0.3) is 0 Å². The van der Waals surface area contributed by atoms with E-state index in [2.05, 4.69) is 20.3 Å². The summed E-state index contributed by atoms with van der Waals surface area (Å²) in [6.07, 6.45) is -3.59. The first kappa shape index (κ1) is 28.2. The number of thioether (sulfide) groups is 1. The lowest BCUT2D eigenvalue weighted by Crippen LogP contribution is -2.33. The van der Waals surface area contributed by atoms with Crippen molar-refractivity contribution in [1.29, 1.82) is 0 Å². The molecule has 14 heteroatoms. The van der Waals surface area contributed by atoms with Gasteiger partial charge < -0.3 is 20.5 Å². The van der Waals surface area contributed by atoms with Gasteiger partial charge in [0.2, 0.25) is 5.88 Å². The molecule has 0 aliphatic heterocycles. The number of hydrogen-bond donors (Lipinski definition) is 2. The number of halogens is 5. The predicted molar refractivity (Wildman–Crippen MR) is 122 cm³/mol. The quantitative estimate of drug-likeness (QED) is 0.277. The Kier molecular flexibility index (Phi) is 9.77. The average Bonchev–Trinajstić information content (AvgIpc) is 2.76. The highest BCUT2D eigenvalue weighted by atomic mass is 32.2. The molecule has 0 aliphatic rings. The van der Waals surface area contributed by atoms with Crippen molar-refractivity contribution in [1.82, 2.24) is 9.97 Å². The van der Waals surface area contributed by atoms with Gasteiger partial charge >= 0.3 is 6.18 Å². The zero-order valence-electron chi connectivity index (χ0n) is 19.1. The molecule has 1 heterocycles. The van der Waals surface area contributed by atoms with E-state index in [1.54, 1.807) is 6.92 Å². The van der Waals surface area contributed by atoms with Crippen LogP contribution in [0.2, 0.25) is 0 Å². The summed E-state index contributed by atoms with van der Waals surface area (Å²) in [4.78, 5) is 23.9. The Morgan fingerprint density at radius 3 is 2.51 bits per heavy atom. The highest BCUT2D eigenvalue weighted by molar-refractivity contribution is 8.15. The van der Waals surface area contributed by atoms with Gasteiger partial charge in [0.1, 0.15) is 5.69 Å². The van der Waals surface area contributed by atoms with Crippen molar-refractivity contribution in [3.8, 4) is 5.88 Å². The lowest BCUT2D eigenvalue weighted by atomic mass is 9.99. The van der Waals surface area contributed by atoms with Crippen LogP contribution < -0.4 is 15.8 Å². The van der Waals surface area contributed by atoms with E-state index < -0.39 is 41.5 Å². The van der Waals surface area contributed by atoms with Crippen LogP contribution in [0.3, 0.4) is 0 Å². The van der Waals surface area contributed by atoms with Crippen LogP contribution in [0.5, 0.6) is 5.88 Å². The van der Waals surface area contributed by atoms with E-state index in [4.69, 9.17) is 15.2 Å². The minimum Gasteiger partial charge on any atom is -0.476 e. The summed E-state index contributed by atoms with van der Waals surface area (Å²) >= 11 is 1.14. The molecule has 3 N–H and O–H groups in total. The van der Waals surface area contributed by atoms with Crippen molar-refractivity contribution in [3.63, 3.8) is 0 Å². The fourth-order valence-electron chi connectivity index (χ4n) is 2.94. The third-order valence-corrected chi connectivity index (χ3v) is 5.59. The molecule has 0 bridgehead atoms. The first-order valence-corrected chi connectivity index (χ1v) is 10.9. The Morgan fingerprint density at radius 1 is 1.23 bits per heavy atom. The molecule has 192 valence electrons. The van der Waals surface area contributed by atoms with Crippen LogP contribution in [0.4, 0.5) is 27.6 Å². The van der Waals surface area contributed by atoms with Crippen LogP contribution in [0.1, 0.15) is 29.4 Å². The van der Waals surface area contributed by atoms with E-state index in [0.29, 0.717) is 0 Å². The number of carbonyl (C=O) groups is 1. The largest absolute Gasteiger partial charge is 0.476 e. The fraction of sp³-hybridized carbons (Fsp3) is 0.429. The van der Waals surface area contributed by atoms with Crippen molar-refractivity contribution in [2.75, 3.05) is 32.7 Å². The zero-order valence-corrected chi connectivity index (χ0v) is 19.9. The SMILES string of the molecule is CN=C(N)S[C@@](C)(COC)Cc1cc(NC(=O)c2cnc(OCCC(F)(F)F)cn2)cc(F)c1F. The number of amides is 1. The fourth-order valence-corrected chi connectivity index (χ4v) is 3.94. The van der Waals surface area contributed by atoms with E-state index in [1.165, 1.54) is 20.2 Å². The number of ether oxygens (including phenoxy) is 2. The number of anilines is 1. The molecule has 1 amide bonds. The number of methoxy groups -OCH3 is 1. The van der Waals surface area contributed by atoms with Gasteiger partial charge in [-0.05, 0) is 25.0 Å². The van der Waals surface area contributed by atoms with E-state index >= 15 is 0 Å². The number of nitrogens with zero attached hydrogens (tertiary/aromatic N) is 3. The van der Waals surface area contributed by atoms with Crippen LogP contribution in [0, 0.1) is 11.6 Å². The minimum atomic E-state index is -4.38. The molecular weight excluding hydrogens is 497 g/mol. The molecular formula is C21H24F5N5O3S. The molecule has 1 atom stereocenters. The number of amidine groups is 1. The van der Waals surface area contributed by atoms with Gasteiger partial charge in [0, 0.05) is 30.7 Å². The molecule has 2 rings (SSSR count). The Balaban J connectivity index is 2.15. The van der Waals surface area contributed by atoms with E-state index in [-0.39, 0.29) is 41.0 Å². The normalized spacial score (nSPS) is 13.9. The van der Waals surface area contributed by atoms with Crippen molar-refractivity contribution >= 4 is 28.5 Å². The monoisotopic (exact) mass is 521 g/mol. The molecule has 1 aromatic heterocycles. The lowest BCUT2D eigenvalue weighted by Gasteiger charge is -2.28. The van der Waals surface area contributed by atoms with Crippen molar-refractivity contribution in [2.45, 2.75) is 30.7 Å². The van der Waals surface area contributed by atoms with E-state index in [1.807, 2.05) is 0 Å². The highest BCUT2D eigenvalue weighted by Crippen LogP contribution is 2.32. The maximum Gasteiger partial charge on any atom is 0.392 e. The Morgan fingerprint density at radius 2 is 1.94 bits per heavy atom. The zero-order chi connectivity index (χ0) is 26.2. The smallest absolute Gasteiger partial charge is 0.392 e. The molecule has 0 radical (unpaired) electrons. The lowest BCUT2D eigenvalue weighted by molar-refractivity contribution is -0.139. The molecule has 0 aliphatic carbocycles. The number of nitrogens with one attached hydrogen (secondary N) is 1. The first-order chi connectivity index (χ1) is 16.4. The van der Waals surface area contributed by atoms with Gasteiger partial charge in [-0.15, -0.1) is 0 Å². The number of alkyl halides is 3. The third kappa shape index (κ3) is 8.94.